The summed E-state index contributed by atoms with van der Waals surface area (Å²) in [7, 11) is 0. The largest absolute Gasteiger partial charge is 0.506 e. The van der Waals surface area contributed by atoms with Gasteiger partial charge in [-0.05, 0) is 50.6 Å². The molecule has 1 saturated heterocycles. The number of halogens is 1. The molecule has 1 atom stereocenters. The number of carbonyl (C=O) groups excluding carboxylic acids is 1. The van der Waals surface area contributed by atoms with Gasteiger partial charge in [-0.2, -0.15) is 4.98 Å². The summed E-state index contributed by atoms with van der Waals surface area (Å²) in [6, 6.07) is 5.66. The fraction of sp³-hybridized carbons (Fsp3) is 0.333. The molecule has 1 aromatic carbocycles. The summed E-state index contributed by atoms with van der Waals surface area (Å²) < 4.78 is 16.6. The van der Waals surface area contributed by atoms with Gasteiger partial charge >= 0.3 is 5.69 Å². The van der Waals surface area contributed by atoms with Gasteiger partial charge in [0.1, 0.15) is 23.1 Å². The summed E-state index contributed by atoms with van der Waals surface area (Å²) in [6.45, 7) is 11.3. The van der Waals surface area contributed by atoms with Crippen LogP contribution < -0.4 is 15.5 Å². The average molecular weight is 505 g/mol. The lowest BCUT2D eigenvalue weighted by Crippen LogP contribution is -2.49. The second-order valence-corrected chi connectivity index (χ2v) is 9.40. The molecule has 2 aromatic heterocycles. The molecule has 192 valence electrons. The van der Waals surface area contributed by atoms with E-state index in [0.29, 0.717) is 49.1 Å². The molecule has 4 heterocycles. The van der Waals surface area contributed by atoms with E-state index in [2.05, 4.69) is 16.5 Å². The van der Waals surface area contributed by atoms with E-state index in [-0.39, 0.29) is 23.9 Å². The number of aryl methyl sites for hydroxylation is 2. The van der Waals surface area contributed by atoms with Gasteiger partial charge in [0.05, 0.1) is 29.7 Å². The summed E-state index contributed by atoms with van der Waals surface area (Å²) in [5.41, 5.74) is 3.28. The Kier molecular flexibility index (Phi) is 6.18. The number of pyridine rings is 1. The molecule has 0 saturated carbocycles. The first-order valence-electron chi connectivity index (χ1n) is 12.2. The van der Waals surface area contributed by atoms with E-state index in [0.717, 1.165) is 11.1 Å². The van der Waals surface area contributed by atoms with E-state index in [4.69, 9.17) is 0 Å². The third-order valence-electron chi connectivity index (χ3n) is 7.27. The van der Waals surface area contributed by atoms with Gasteiger partial charge in [0, 0.05) is 37.9 Å². The van der Waals surface area contributed by atoms with E-state index in [9.17, 15) is 19.1 Å². The van der Waals surface area contributed by atoms with Gasteiger partial charge in [0.15, 0.2) is 0 Å². The Morgan fingerprint density at radius 2 is 1.89 bits per heavy atom. The monoisotopic (exact) mass is 504 g/mol. The second kappa shape index (κ2) is 9.34. The normalized spacial score (nSPS) is 17.2. The molecule has 2 aliphatic rings. The zero-order valence-corrected chi connectivity index (χ0v) is 21.1. The molecule has 3 aromatic rings. The highest BCUT2D eigenvalue weighted by Crippen LogP contribution is 2.45. The van der Waals surface area contributed by atoms with Crippen molar-refractivity contribution in [3.05, 3.63) is 81.9 Å². The van der Waals surface area contributed by atoms with Crippen molar-refractivity contribution >= 4 is 17.4 Å². The van der Waals surface area contributed by atoms with Crippen molar-refractivity contribution in [3.63, 3.8) is 0 Å². The first kappa shape index (κ1) is 24.5. The molecule has 0 radical (unpaired) electrons. The van der Waals surface area contributed by atoms with Crippen LogP contribution in [0, 0.1) is 19.7 Å². The number of carbonyl (C=O) groups is 1. The Hall–Kier alpha value is -4.21. The molecule has 2 aliphatic heterocycles. The fourth-order valence-corrected chi connectivity index (χ4v) is 5.43. The molecule has 1 unspecified atom stereocenters. The molecule has 0 aliphatic carbocycles. The van der Waals surface area contributed by atoms with Crippen molar-refractivity contribution in [2.24, 2.45) is 0 Å². The van der Waals surface area contributed by atoms with Crippen LogP contribution in [0.3, 0.4) is 0 Å². The Bertz CT molecular complexity index is 1420. The zero-order valence-electron chi connectivity index (χ0n) is 21.1. The number of phenols is 1. The first-order chi connectivity index (χ1) is 17.7. The highest BCUT2D eigenvalue weighted by molar-refractivity contribution is 5.87. The topological polar surface area (TPSA) is 94.8 Å². The van der Waals surface area contributed by atoms with Crippen LogP contribution in [0.25, 0.3) is 5.69 Å². The number of amides is 1. The maximum absolute atomic E-state index is 15.0. The zero-order chi connectivity index (χ0) is 26.4. The number of para-hydroxylation sites is 1. The second-order valence-electron chi connectivity index (χ2n) is 9.40. The SMILES string of the molecule is C=CC(=O)N1CCN(c2nc(=O)n(-c3c(C)ccnc3C)c3c2C(C)N(c2c(O)cccc2F)C3)CC1. The van der Waals surface area contributed by atoms with Crippen LogP contribution in [0.5, 0.6) is 5.75 Å². The van der Waals surface area contributed by atoms with Gasteiger partial charge in [-0.3, -0.25) is 14.3 Å². The number of aromatic nitrogens is 3. The average Bonchev–Trinajstić information content (AvgIpc) is 3.21. The molecule has 1 fully saturated rings. The lowest BCUT2D eigenvalue weighted by atomic mass is 10.1. The fourth-order valence-electron chi connectivity index (χ4n) is 5.43. The number of hydrogen-bond acceptors (Lipinski definition) is 7. The number of anilines is 2. The number of nitrogens with zero attached hydrogens (tertiary/aromatic N) is 6. The standard InChI is InChI=1S/C27H29FN6O3/c1-5-22(36)31-11-13-32(14-12-31)26-23-18(4)33(25-19(28)7-6-8-21(25)35)15-20(23)34(27(37)30-26)24-16(2)9-10-29-17(24)3/h5-10,18,35H,1,11-15H2,2-4H3. The van der Waals surface area contributed by atoms with Crippen molar-refractivity contribution < 1.29 is 14.3 Å². The van der Waals surface area contributed by atoms with Gasteiger partial charge in [-0.1, -0.05) is 12.6 Å². The minimum absolute atomic E-state index is 0.0807. The number of fused-ring (bicyclic) bond motifs is 1. The van der Waals surface area contributed by atoms with Crippen LogP contribution in [-0.2, 0) is 11.3 Å². The summed E-state index contributed by atoms with van der Waals surface area (Å²) in [5.74, 6) is -0.334. The van der Waals surface area contributed by atoms with E-state index in [1.54, 1.807) is 20.6 Å². The van der Waals surface area contributed by atoms with Gasteiger partial charge in [-0.25, -0.2) is 9.18 Å². The van der Waals surface area contributed by atoms with Crippen molar-refractivity contribution in [3.8, 4) is 11.4 Å². The van der Waals surface area contributed by atoms with Crippen LogP contribution in [0.15, 0.2) is 47.9 Å². The van der Waals surface area contributed by atoms with E-state index >= 15 is 0 Å². The van der Waals surface area contributed by atoms with Crippen LogP contribution in [-0.4, -0.2) is 56.6 Å². The van der Waals surface area contributed by atoms with Crippen molar-refractivity contribution in [1.82, 2.24) is 19.4 Å². The number of phenolic OH excluding ortho intramolecular Hbond substituents is 1. The minimum atomic E-state index is -0.548. The van der Waals surface area contributed by atoms with Crippen LogP contribution >= 0.6 is 0 Å². The number of benzene rings is 1. The first-order valence-corrected chi connectivity index (χ1v) is 12.2. The van der Waals surface area contributed by atoms with Crippen LogP contribution in [0.2, 0.25) is 0 Å². The van der Waals surface area contributed by atoms with E-state index < -0.39 is 17.5 Å². The van der Waals surface area contributed by atoms with Crippen LogP contribution in [0.4, 0.5) is 15.9 Å². The number of aromatic hydroxyl groups is 1. The van der Waals surface area contributed by atoms with Crippen molar-refractivity contribution in [2.75, 3.05) is 36.0 Å². The molecule has 0 bridgehead atoms. The molecule has 5 rings (SSSR count). The highest BCUT2D eigenvalue weighted by Gasteiger charge is 2.38. The number of hydrogen-bond donors (Lipinski definition) is 1. The van der Waals surface area contributed by atoms with E-state index in [1.807, 2.05) is 31.7 Å². The summed E-state index contributed by atoms with van der Waals surface area (Å²) in [4.78, 5) is 40.1. The van der Waals surface area contributed by atoms with Gasteiger partial charge in [-0.15, -0.1) is 0 Å². The summed E-state index contributed by atoms with van der Waals surface area (Å²) >= 11 is 0. The van der Waals surface area contributed by atoms with Gasteiger partial charge in [0.2, 0.25) is 5.91 Å². The predicted molar refractivity (Wildman–Crippen MR) is 139 cm³/mol. The molecule has 9 nitrogen and oxygen atoms in total. The minimum Gasteiger partial charge on any atom is -0.506 e. The summed E-state index contributed by atoms with van der Waals surface area (Å²) in [5, 5.41) is 10.6. The van der Waals surface area contributed by atoms with Crippen molar-refractivity contribution in [2.45, 2.75) is 33.4 Å². The molecule has 1 amide bonds. The Morgan fingerprint density at radius 3 is 2.54 bits per heavy atom. The third kappa shape index (κ3) is 4.02. The predicted octanol–water partition coefficient (Wildman–Crippen LogP) is 3.00. The molecular weight excluding hydrogens is 475 g/mol. The third-order valence-corrected chi connectivity index (χ3v) is 7.27. The molecule has 0 spiro atoms. The molecule has 37 heavy (non-hydrogen) atoms. The van der Waals surface area contributed by atoms with Crippen molar-refractivity contribution in [1.29, 1.82) is 0 Å². The van der Waals surface area contributed by atoms with Gasteiger partial charge < -0.3 is 19.8 Å². The maximum Gasteiger partial charge on any atom is 0.354 e. The quantitative estimate of drug-likeness (QED) is 0.546. The Balaban J connectivity index is 1.68. The smallest absolute Gasteiger partial charge is 0.354 e. The molecule has 1 N–H and O–H groups in total. The number of piperazine rings is 1. The molecular formula is C27H29FN6O3. The Labute approximate surface area is 214 Å². The molecule has 10 heteroatoms. The van der Waals surface area contributed by atoms with Crippen LogP contribution in [0.1, 0.15) is 35.5 Å². The van der Waals surface area contributed by atoms with E-state index in [1.165, 1.54) is 24.3 Å². The lowest BCUT2D eigenvalue weighted by Gasteiger charge is -2.36. The number of rotatable bonds is 4. The lowest BCUT2D eigenvalue weighted by molar-refractivity contribution is -0.126. The summed E-state index contributed by atoms with van der Waals surface area (Å²) in [6.07, 6.45) is 2.99. The highest BCUT2D eigenvalue weighted by atomic mass is 19.1. The van der Waals surface area contributed by atoms with Gasteiger partial charge in [0.25, 0.3) is 0 Å². The maximum atomic E-state index is 15.0. The Morgan fingerprint density at radius 1 is 1.16 bits per heavy atom.